The summed E-state index contributed by atoms with van der Waals surface area (Å²) in [4.78, 5) is 3.03. The first-order valence-electron chi connectivity index (χ1n) is 6.85. The van der Waals surface area contributed by atoms with Crippen molar-refractivity contribution in [2.75, 3.05) is 6.61 Å². The number of aromatic amines is 1. The van der Waals surface area contributed by atoms with Crippen LogP contribution in [0.5, 0.6) is 5.75 Å². The quantitative estimate of drug-likeness (QED) is 0.472. The first-order chi connectivity index (χ1) is 10.9. The molecule has 1 aliphatic heterocycles. The molecule has 1 aliphatic rings. The van der Waals surface area contributed by atoms with Gasteiger partial charge < -0.3 is 34.9 Å². The third kappa shape index (κ3) is 3.14. The number of aliphatic hydroxyl groups excluding tert-OH is 4. The van der Waals surface area contributed by atoms with E-state index >= 15 is 0 Å². The van der Waals surface area contributed by atoms with Gasteiger partial charge in [0.1, 0.15) is 30.2 Å². The van der Waals surface area contributed by atoms with Crippen LogP contribution in [0.2, 0.25) is 0 Å². The van der Waals surface area contributed by atoms with Gasteiger partial charge in [0.2, 0.25) is 6.29 Å². The molecule has 2 heterocycles. The molecule has 0 aliphatic carbocycles. The fourth-order valence-electron chi connectivity index (χ4n) is 2.48. The van der Waals surface area contributed by atoms with E-state index < -0.39 is 37.3 Å². The Morgan fingerprint density at radius 3 is 2.48 bits per heavy atom. The molecule has 1 aromatic carbocycles. The number of H-pyrrole nitrogens is 1. The molecule has 5 N–H and O–H groups in total. The van der Waals surface area contributed by atoms with Crippen LogP contribution in [0.15, 0.2) is 27.3 Å². The summed E-state index contributed by atoms with van der Waals surface area (Å²) in [6.45, 7) is -0.503. The largest absolute Gasteiger partial charge is 0.460 e. The van der Waals surface area contributed by atoms with Crippen molar-refractivity contribution in [3.05, 3.63) is 27.3 Å². The Labute approximate surface area is 148 Å². The number of benzene rings is 1. The maximum atomic E-state index is 10.0. The Morgan fingerprint density at radius 2 is 1.78 bits per heavy atom. The molecule has 23 heavy (non-hydrogen) atoms. The summed E-state index contributed by atoms with van der Waals surface area (Å²) in [6.07, 6.45) is -4.96. The third-order valence-electron chi connectivity index (χ3n) is 3.78. The highest BCUT2D eigenvalue weighted by Gasteiger charge is 2.44. The van der Waals surface area contributed by atoms with Gasteiger partial charge in [-0.25, -0.2) is 0 Å². The molecule has 3 rings (SSSR count). The zero-order chi connectivity index (χ0) is 16.7. The summed E-state index contributed by atoms with van der Waals surface area (Å²) in [6, 6.07) is 3.69. The lowest BCUT2D eigenvalue weighted by Gasteiger charge is -2.39. The maximum absolute atomic E-state index is 10.0. The van der Waals surface area contributed by atoms with Gasteiger partial charge in [0.25, 0.3) is 0 Å². The van der Waals surface area contributed by atoms with Crippen LogP contribution in [0.25, 0.3) is 10.9 Å². The molecule has 0 saturated carbocycles. The van der Waals surface area contributed by atoms with E-state index in [0.717, 1.165) is 19.8 Å². The number of aliphatic hydroxyl groups is 4. The summed E-state index contributed by atoms with van der Waals surface area (Å²) in [5.74, 6) is 0.414. The van der Waals surface area contributed by atoms with Gasteiger partial charge in [-0.3, -0.25) is 0 Å². The molecule has 0 amide bonds. The van der Waals surface area contributed by atoms with Crippen molar-refractivity contribution in [3.8, 4) is 5.75 Å². The average molecular weight is 453 g/mol. The van der Waals surface area contributed by atoms with Crippen molar-refractivity contribution in [1.82, 2.24) is 4.98 Å². The lowest BCUT2D eigenvalue weighted by atomic mass is 9.99. The van der Waals surface area contributed by atoms with Crippen molar-refractivity contribution in [2.24, 2.45) is 0 Å². The lowest BCUT2D eigenvalue weighted by Crippen LogP contribution is -2.60. The normalized spacial score (nSPS) is 31.5. The number of fused-ring (bicyclic) bond motifs is 1. The molecule has 0 unspecified atom stereocenters. The maximum Gasteiger partial charge on any atom is 0.229 e. The smallest absolute Gasteiger partial charge is 0.229 e. The molecule has 5 atom stereocenters. The van der Waals surface area contributed by atoms with Crippen LogP contribution in [0.3, 0.4) is 0 Å². The van der Waals surface area contributed by atoms with E-state index in [1.54, 1.807) is 6.20 Å². The molecule has 7 nitrogen and oxygen atoms in total. The molecular weight excluding hydrogens is 438 g/mol. The van der Waals surface area contributed by atoms with Crippen LogP contribution in [-0.2, 0) is 4.74 Å². The van der Waals surface area contributed by atoms with Gasteiger partial charge in [-0.05, 0) is 44.0 Å². The highest BCUT2D eigenvalue weighted by molar-refractivity contribution is 9.13. The average Bonchev–Trinajstić information content (AvgIpc) is 2.90. The number of halogens is 2. The van der Waals surface area contributed by atoms with Crippen LogP contribution < -0.4 is 4.74 Å². The summed E-state index contributed by atoms with van der Waals surface area (Å²) < 4.78 is 12.7. The molecule has 1 aromatic heterocycles. The number of hydrogen-bond donors (Lipinski definition) is 5. The number of ether oxygens (including phenoxy) is 2. The van der Waals surface area contributed by atoms with Crippen LogP contribution in [0.4, 0.5) is 0 Å². The molecule has 1 fully saturated rings. The molecule has 0 spiro atoms. The second-order valence-corrected chi connectivity index (χ2v) is 6.99. The molecule has 2 aromatic rings. The topological polar surface area (TPSA) is 115 Å². The molecule has 126 valence electrons. The Kier molecular flexibility index (Phi) is 4.98. The van der Waals surface area contributed by atoms with Crippen molar-refractivity contribution in [3.63, 3.8) is 0 Å². The number of aromatic nitrogens is 1. The zero-order valence-electron chi connectivity index (χ0n) is 11.7. The molecule has 0 bridgehead atoms. The Balaban J connectivity index is 1.88. The van der Waals surface area contributed by atoms with Crippen LogP contribution >= 0.6 is 31.9 Å². The lowest BCUT2D eigenvalue weighted by molar-refractivity contribution is -0.277. The Bertz CT molecular complexity index is 706. The van der Waals surface area contributed by atoms with E-state index in [-0.39, 0.29) is 0 Å². The SMILES string of the molecule is OC[C@H]1O[C@@H](Oc2c[nH]c3cc(Br)c(Br)cc23)[C@H](O)[C@@H](O)[C@H]1O. The van der Waals surface area contributed by atoms with Crippen LogP contribution in [0.1, 0.15) is 0 Å². The van der Waals surface area contributed by atoms with E-state index in [9.17, 15) is 20.4 Å². The fourth-order valence-corrected chi connectivity index (χ4v) is 3.17. The van der Waals surface area contributed by atoms with Crippen molar-refractivity contribution in [2.45, 2.75) is 30.7 Å². The summed E-state index contributed by atoms with van der Waals surface area (Å²) in [5, 5.41) is 39.5. The summed E-state index contributed by atoms with van der Waals surface area (Å²) >= 11 is 6.81. The minimum absolute atomic E-state index is 0.414. The molecule has 9 heteroatoms. The minimum Gasteiger partial charge on any atom is -0.460 e. The van der Waals surface area contributed by atoms with E-state index in [1.165, 1.54) is 0 Å². The molecular formula is C14H15Br2NO6. The third-order valence-corrected chi connectivity index (χ3v) is 5.62. The summed E-state index contributed by atoms with van der Waals surface area (Å²) in [5.41, 5.74) is 0.805. The van der Waals surface area contributed by atoms with Crippen molar-refractivity contribution >= 4 is 42.8 Å². The zero-order valence-corrected chi connectivity index (χ0v) is 14.9. The standard InChI is InChI=1S/C14H15Br2NO6/c15-6-1-5-8(2-7(6)16)17-3-9(5)22-14-13(21)12(20)11(19)10(4-18)23-14/h1-3,10-14,17-21H,4H2/t10-,11+,12+,13-,14-/m1/s1. The predicted molar refractivity (Wildman–Crippen MR) is 88.1 cm³/mol. The van der Waals surface area contributed by atoms with E-state index in [1.807, 2.05) is 12.1 Å². The van der Waals surface area contributed by atoms with E-state index in [4.69, 9.17) is 9.47 Å². The van der Waals surface area contributed by atoms with Crippen molar-refractivity contribution < 1.29 is 29.9 Å². The number of nitrogens with one attached hydrogen (secondary N) is 1. The second kappa shape index (κ2) is 6.67. The predicted octanol–water partition coefficient (Wildman–Crippen LogP) is 0.872. The van der Waals surface area contributed by atoms with E-state index in [2.05, 4.69) is 36.8 Å². The van der Waals surface area contributed by atoms with Gasteiger partial charge in [-0.1, -0.05) is 0 Å². The minimum atomic E-state index is -1.48. The highest BCUT2D eigenvalue weighted by atomic mass is 79.9. The van der Waals surface area contributed by atoms with Gasteiger partial charge in [0.15, 0.2) is 0 Å². The van der Waals surface area contributed by atoms with Gasteiger partial charge in [-0.15, -0.1) is 0 Å². The summed E-state index contributed by atoms with van der Waals surface area (Å²) in [7, 11) is 0. The molecule has 0 radical (unpaired) electrons. The van der Waals surface area contributed by atoms with Gasteiger partial charge in [-0.2, -0.15) is 0 Å². The van der Waals surface area contributed by atoms with Gasteiger partial charge in [0.05, 0.1) is 12.1 Å². The Morgan fingerprint density at radius 1 is 1.09 bits per heavy atom. The van der Waals surface area contributed by atoms with Gasteiger partial charge >= 0.3 is 0 Å². The second-order valence-electron chi connectivity index (χ2n) is 5.28. The Hall–Kier alpha value is -0.680. The van der Waals surface area contributed by atoms with Crippen LogP contribution in [-0.4, -0.2) is 62.7 Å². The number of hydrogen-bond acceptors (Lipinski definition) is 6. The monoisotopic (exact) mass is 451 g/mol. The van der Waals surface area contributed by atoms with Crippen LogP contribution in [0, 0.1) is 0 Å². The highest BCUT2D eigenvalue weighted by Crippen LogP contribution is 2.35. The first kappa shape index (κ1) is 17.2. The molecule has 1 saturated heterocycles. The first-order valence-corrected chi connectivity index (χ1v) is 8.44. The number of rotatable bonds is 3. The van der Waals surface area contributed by atoms with Crippen molar-refractivity contribution in [1.29, 1.82) is 0 Å². The van der Waals surface area contributed by atoms with Gasteiger partial charge in [0, 0.05) is 20.5 Å². The van der Waals surface area contributed by atoms with E-state index in [0.29, 0.717) is 5.75 Å². The fraction of sp³-hybridized carbons (Fsp3) is 0.429.